The highest BCUT2D eigenvalue weighted by atomic mass is 35.5. The third-order valence-electron chi connectivity index (χ3n) is 6.45. The molecule has 4 rings (SSSR count). The van der Waals surface area contributed by atoms with Crippen LogP contribution in [0.4, 0.5) is 0 Å². The second-order valence-electron chi connectivity index (χ2n) is 8.18. The number of fused-ring (bicyclic) bond motifs is 1. The molecule has 0 radical (unpaired) electrons. The fourth-order valence-corrected chi connectivity index (χ4v) is 4.82. The van der Waals surface area contributed by atoms with Crippen LogP contribution in [0.25, 0.3) is 0 Å². The molecule has 3 aliphatic rings. The number of nitrogens with two attached hydrogens (primary N) is 1. The molecule has 2 saturated carbocycles. The van der Waals surface area contributed by atoms with E-state index in [2.05, 4.69) is 5.32 Å². The van der Waals surface area contributed by atoms with Crippen LogP contribution in [-0.2, 0) is 0 Å². The third-order valence-corrected chi connectivity index (χ3v) is 6.45. The van der Waals surface area contributed by atoms with E-state index in [-0.39, 0.29) is 41.7 Å². The van der Waals surface area contributed by atoms with Gasteiger partial charge in [0.2, 0.25) is 0 Å². The molecule has 6 nitrogen and oxygen atoms in total. The lowest BCUT2D eigenvalue weighted by Crippen LogP contribution is -2.51. The fourth-order valence-electron chi connectivity index (χ4n) is 4.82. The van der Waals surface area contributed by atoms with Gasteiger partial charge in [-0.15, -0.1) is 12.4 Å². The number of halogens is 1. The Balaban J connectivity index is 0.00000225. The van der Waals surface area contributed by atoms with Crippen LogP contribution in [0.2, 0.25) is 0 Å². The molecule has 1 aromatic rings. The van der Waals surface area contributed by atoms with E-state index in [1.54, 1.807) is 18.2 Å². The zero-order valence-electron chi connectivity index (χ0n) is 16.0. The fraction of sp³-hybridized carbons (Fsp3) is 0.571. The summed E-state index contributed by atoms with van der Waals surface area (Å²) in [5, 5.41) is 3.08. The normalized spacial score (nSPS) is 21.4. The summed E-state index contributed by atoms with van der Waals surface area (Å²) in [5.74, 6) is -0.699. The Bertz CT molecular complexity index is 783. The van der Waals surface area contributed by atoms with Crippen molar-refractivity contribution >= 4 is 30.1 Å². The first kappa shape index (κ1) is 20.8. The Kier molecular flexibility index (Phi) is 6.10. The van der Waals surface area contributed by atoms with Gasteiger partial charge in [0, 0.05) is 18.2 Å². The predicted molar refractivity (Wildman–Crippen MR) is 109 cm³/mol. The van der Waals surface area contributed by atoms with Crippen LogP contribution in [-0.4, -0.2) is 40.7 Å². The van der Waals surface area contributed by atoms with Crippen LogP contribution in [0.1, 0.15) is 88.9 Å². The van der Waals surface area contributed by atoms with E-state index in [9.17, 15) is 14.4 Å². The average Bonchev–Trinajstić information content (AvgIpc) is 3.26. The summed E-state index contributed by atoms with van der Waals surface area (Å²) in [6.45, 7) is 0.413. The van der Waals surface area contributed by atoms with Crippen LogP contribution in [0, 0.1) is 0 Å². The maximum absolute atomic E-state index is 12.9. The summed E-state index contributed by atoms with van der Waals surface area (Å²) in [6.07, 6.45) is 8.89. The van der Waals surface area contributed by atoms with Gasteiger partial charge in [0.05, 0.1) is 16.7 Å². The molecule has 0 unspecified atom stereocenters. The van der Waals surface area contributed by atoms with Crippen molar-refractivity contribution < 1.29 is 14.4 Å². The molecule has 7 heteroatoms. The van der Waals surface area contributed by atoms with E-state index < -0.39 is 0 Å². The van der Waals surface area contributed by atoms with Crippen molar-refractivity contribution in [3.63, 3.8) is 0 Å². The number of carbonyl (C=O) groups is 3. The van der Waals surface area contributed by atoms with E-state index >= 15 is 0 Å². The van der Waals surface area contributed by atoms with Crippen LogP contribution in [0.5, 0.6) is 0 Å². The molecule has 2 fully saturated rings. The molecule has 0 saturated heterocycles. The van der Waals surface area contributed by atoms with E-state index in [0.29, 0.717) is 23.2 Å². The Morgan fingerprint density at radius 3 is 2.32 bits per heavy atom. The van der Waals surface area contributed by atoms with Crippen LogP contribution < -0.4 is 11.1 Å². The maximum atomic E-state index is 12.9. The topological polar surface area (TPSA) is 92.5 Å². The number of nitrogens with zero attached hydrogens (tertiary/aromatic N) is 1. The molecule has 0 spiro atoms. The largest absolute Gasteiger partial charge is 0.345 e. The standard InChI is InChI=1S/C21H27N3O3.ClH/c22-13-21(10-4-5-11-21)23-18(25)14-8-9-16-17(12-14)20(27)24(19(16)26)15-6-2-1-3-7-15;/h8-9,12,15H,1-7,10-11,13,22H2,(H,23,25);1H. The molecular weight excluding hydrogens is 378 g/mol. The first-order chi connectivity index (χ1) is 13.0. The van der Waals surface area contributed by atoms with Crippen molar-refractivity contribution in [2.24, 2.45) is 5.73 Å². The van der Waals surface area contributed by atoms with E-state index in [1.807, 2.05) is 0 Å². The van der Waals surface area contributed by atoms with E-state index in [4.69, 9.17) is 5.73 Å². The number of hydrogen-bond donors (Lipinski definition) is 2. The Labute approximate surface area is 171 Å². The zero-order valence-corrected chi connectivity index (χ0v) is 16.9. The van der Waals surface area contributed by atoms with Gasteiger partial charge in [-0.2, -0.15) is 0 Å². The van der Waals surface area contributed by atoms with Crippen LogP contribution in [0.3, 0.4) is 0 Å². The number of amides is 3. The number of benzene rings is 1. The molecule has 3 N–H and O–H groups in total. The molecule has 152 valence electrons. The van der Waals surface area contributed by atoms with Crippen molar-refractivity contribution in [2.75, 3.05) is 6.54 Å². The highest BCUT2D eigenvalue weighted by Crippen LogP contribution is 2.32. The van der Waals surface area contributed by atoms with Crippen molar-refractivity contribution in [2.45, 2.75) is 69.4 Å². The summed E-state index contributed by atoms with van der Waals surface area (Å²) in [4.78, 5) is 39.8. The van der Waals surface area contributed by atoms with Crippen molar-refractivity contribution in [3.8, 4) is 0 Å². The highest BCUT2D eigenvalue weighted by molar-refractivity contribution is 6.22. The Morgan fingerprint density at radius 1 is 1.04 bits per heavy atom. The van der Waals surface area contributed by atoms with Gasteiger partial charge in [-0.25, -0.2) is 0 Å². The zero-order chi connectivity index (χ0) is 19.0. The Morgan fingerprint density at radius 2 is 1.68 bits per heavy atom. The highest BCUT2D eigenvalue weighted by Gasteiger charge is 2.41. The van der Waals surface area contributed by atoms with Crippen molar-refractivity contribution in [3.05, 3.63) is 34.9 Å². The van der Waals surface area contributed by atoms with E-state index in [0.717, 1.165) is 57.8 Å². The van der Waals surface area contributed by atoms with Crippen molar-refractivity contribution in [1.82, 2.24) is 10.2 Å². The number of carbonyl (C=O) groups excluding carboxylic acids is 3. The van der Waals surface area contributed by atoms with Gasteiger partial charge in [0.15, 0.2) is 0 Å². The minimum Gasteiger partial charge on any atom is -0.345 e. The summed E-state index contributed by atoms with van der Waals surface area (Å²) in [6, 6.07) is 4.83. The van der Waals surface area contributed by atoms with Crippen LogP contribution in [0.15, 0.2) is 18.2 Å². The average molecular weight is 406 g/mol. The van der Waals surface area contributed by atoms with Gasteiger partial charge in [-0.1, -0.05) is 32.1 Å². The van der Waals surface area contributed by atoms with Gasteiger partial charge in [-0.05, 0) is 43.9 Å². The first-order valence-electron chi connectivity index (χ1n) is 10.1. The predicted octanol–water partition coefficient (Wildman–Crippen LogP) is 3.04. The van der Waals surface area contributed by atoms with Gasteiger partial charge >= 0.3 is 0 Å². The lowest BCUT2D eigenvalue weighted by Gasteiger charge is -2.29. The van der Waals surface area contributed by atoms with E-state index in [1.165, 1.54) is 4.90 Å². The summed E-state index contributed by atoms with van der Waals surface area (Å²) in [7, 11) is 0. The monoisotopic (exact) mass is 405 g/mol. The number of hydrogen-bond acceptors (Lipinski definition) is 4. The van der Waals surface area contributed by atoms with Gasteiger partial charge < -0.3 is 11.1 Å². The number of imide groups is 1. The molecule has 0 atom stereocenters. The molecule has 2 aliphatic carbocycles. The van der Waals surface area contributed by atoms with Gasteiger partial charge in [0.25, 0.3) is 17.7 Å². The molecule has 28 heavy (non-hydrogen) atoms. The SMILES string of the molecule is Cl.NCC1(NC(=O)c2ccc3c(c2)C(=O)N(C2CCCCC2)C3=O)CCCC1. The smallest absolute Gasteiger partial charge is 0.261 e. The first-order valence-corrected chi connectivity index (χ1v) is 10.1. The number of rotatable bonds is 4. The lowest BCUT2D eigenvalue weighted by molar-refractivity contribution is 0.0548. The lowest BCUT2D eigenvalue weighted by atomic mass is 9.94. The van der Waals surface area contributed by atoms with Gasteiger partial charge in [0.1, 0.15) is 0 Å². The molecular formula is C21H28ClN3O3. The molecule has 1 aromatic carbocycles. The molecule has 1 heterocycles. The molecule has 0 aromatic heterocycles. The molecule has 0 bridgehead atoms. The Hall–Kier alpha value is -1.92. The third kappa shape index (κ3) is 3.55. The quantitative estimate of drug-likeness (QED) is 0.753. The maximum Gasteiger partial charge on any atom is 0.261 e. The minimum atomic E-state index is -0.343. The minimum absolute atomic E-state index is 0. The summed E-state index contributed by atoms with van der Waals surface area (Å²) in [5.41, 5.74) is 6.75. The molecule has 3 amide bonds. The van der Waals surface area contributed by atoms with Crippen molar-refractivity contribution in [1.29, 1.82) is 0 Å². The second kappa shape index (κ2) is 8.21. The summed E-state index contributed by atoms with van der Waals surface area (Å²) < 4.78 is 0. The second-order valence-corrected chi connectivity index (χ2v) is 8.18. The summed E-state index contributed by atoms with van der Waals surface area (Å²) >= 11 is 0. The van der Waals surface area contributed by atoms with Crippen LogP contribution >= 0.6 is 12.4 Å². The van der Waals surface area contributed by atoms with Gasteiger partial charge in [-0.3, -0.25) is 19.3 Å². The number of nitrogens with one attached hydrogen (secondary N) is 1. The molecule has 1 aliphatic heterocycles.